The molecule has 0 unspecified atom stereocenters. The van der Waals surface area contributed by atoms with Crippen LogP contribution in [0.3, 0.4) is 0 Å². The number of aromatic nitrogens is 2. The van der Waals surface area contributed by atoms with Crippen LogP contribution in [-0.4, -0.2) is 25.7 Å². The second kappa shape index (κ2) is 5.68. The van der Waals surface area contributed by atoms with Gasteiger partial charge in [0.15, 0.2) is 11.8 Å². The summed E-state index contributed by atoms with van der Waals surface area (Å²) in [6.07, 6.45) is 2.05. The SMILES string of the molecule is O=S1(=O)CCCN1c1ccc2oc(-c3cc4ccccc4[n+]([O-])c3)nc2c1. The van der Waals surface area contributed by atoms with Crippen molar-refractivity contribution in [1.82, 2.24) is 4.98 Å². The molecule has 0 amide bonds. The van der Waals surface area contributed by atoms with Gasteiger partial charge in [-0.1, -0.05) is 12.1 Å². The largest absolute Gasteiger partial charge is 0.618 e. The van der Waals surface area contributed by atoms with E-state index >= 15 is 0 Å². The predicted octanol–water partition coefficient (Wildman–Crippen LogP) is 2.82. The summed E-state index contributed by atoms with van der Waals surface area (Å²) in [6.45, 7) is 0.472. The Labute approximate surface area is 155 Å². The average Bonchev–Trinajstić information content (AvgIpc) is 3.23. The van der Waals surface area contributed by atoms with Gasteiger partial charge in [-0.05, 0) is 36.8 Å². The van der Waals surface area contributed by atoms with Crippen LogP contribution >= 0.6 is 0 Å². The number of fused-ring (bicyclic) bond motifs is 2. The summed E-state index contributed by atoms with van der Waals surface area (Å²) in [5.41, 5.74) is 2.80. The standard InChI is InChI=1S/C19H15N3O4S/c23-21-12-14(10-13-4-1-2-5-17(13)21)19-20-16-11-15(6-7-18(16)26-19)22-8-3-9-27(22,24)25/h1-2,4-7,10-12H,3,8-9H2. The van der Waals surface area contributed by atoms with Crippen LogP contribution in [0.4, 0.5) is 5.69 Å². The zero-order valence-electron chi connectivity index (χ0n) is 14.2. The molecule has 0 N–H and O–H groups in total. The molecule has 0 saturated carbocycles. The van der Waals surface area contributed by atoms with E-state index in [2.05, 4.69) is 4.98 Å². The number of hydrogen-bond donors (Lipinski definition) is 0. The minimum atomic E-state index is -3.25. The van der Waals surface area contributed by atoms with Gasteiger partial charge >= 0.3 is 0 Å². The Bertz CT molecular complexity index is 1300. The summed E-state index contributed by atoms with van der Waals surface area (Å²) in [7, 11) is -3.25. The van der Waals surface area contributed by atoms with Crippen molar-refractivity contribution < 1.29 is 17.6 Å². The third-order valence-corrected chi connectivity index (χ3v) is 6.62. The van der Waals surface area contributed by atoms with Crippen LogP contribution in [0.15, 0.2) is 59.1 Å². The van der Waals surface area contributed by atoms with Gasteiger partial charge in [0.2, 0.25) is 21.4 Å². The molecule has 136 valence electrons. The molecular formula is C19H15N3O4S. The Morgan fingerprint density at radius 2 is 2.00 bits per heavy atom. The van der Waals surface area contributed by atoms with Gasteiger partial charge in [0.25, 0.3) is 0 Å². The molecule has 0 bridgehead atoms. The normalized spacial score (nSPS) is 16.4. The monoisotopic (exact) mass is 381 g/mol. The highest BCUT2D eigenvalue weighted by Gasteiger charge is 2.28. The van der Waals surface area contributed by atoms with Crippen molar-refractivity contribution >= 4 is 37.7 Å². The van der Waals surface area contributed by atoms with Gasteiger partial charge in [-0.25, -0.2) is 13.4 Å². The Morgan fingerprint density at radius 1 is 1.15 bits per heavy atom. The van der Waals surface area contributed by atoms with E-state index in [1.54, 1.807) is 24.3 Å². The summed E-state index contributed by atoms with van der Waals surface area (Å²) in [6, 6.07) is 14.3. The third-order valence-electron chi connectivity index (χ3n) is 4.75. The molecule has 5 rings (SSSR count). The maximum Gasteiger partial charge on any atom is 0.235 e. The number of para-hydroxylation sites is 1. The molecule has 0 radical (unpaired) electrons. The number of benzene rings is 2. The maximum atomic E-state index is 12.3. The maximum absolute atomic E-state index is 12.3. The molecule has 1 saturated heterocycles. The number of nitrogens with zero attached hydrogens (tertiary/aromatic N) is 3. The van der Waals surface area contributed by atoms with E-state index in [0.29, 0.717) is 46.7 Å². The number of rotatable bonds is 2. The van der Waals surface area contributed by atoms with Crippen LogP contribution in [-0.2, 0) is 10.0 Å². The van der Waals surface area contributed by atoms with E-state index in [0.717, 1.165) is 10.1 Å². The summed E-state index contributed by atoms with van der Waals surface area (Å²) >= 11 is 0. The van der Waals surface area contributed by atoms with Gasteiger partial charge in [0.05, 0.1) is 11.4 Å². The fraction of sp³-hybridized carbons (Fsp3) is 0.158. The number of hydrogen-bond acceptors (Lipinski definition) is 5. The Balaban J connectivity index is 1.61. The average molecular weight is 381 g/mol. The molecule has 3 heterocycles. The quantitative estimate of drug-likeness (QED) is 0.393. The Hall–Kier alpha value is -3.13. The van der Waals surface area contributed by atoms with E-state index in [1.165, 1.54) is 10.5 Å². The molecule has 8 heteroatoms. The molecule has 0 atom stereocenters. The lowest BCUT2D eigenvalue weighted by atomic mass is 10.1. The molecule has 0 spiro atoms. The number of oxazole rings is 1. The topological polar surface area (TPSA) is 90.4 Å². The molecule has 1 aliphatic rings. The van der Waals surface area contributed by atoms with E-state index in [1.807, 2.05) is 24.3 Å². The number of anilines is 1. The van der Waals surface area contributed by atoms with Crippen molar-refractivity contribution in [2.24, 2.45) is 0 Å². The first-order chi connectivity index (χ1) is 13.0. The lowest BCUT2D eigenvalue weighted by Crippen LogP contribution is -2.26. The van der Waals surface area contributed by atoms with E-state index in [4.69, 9.17) is 4.42 Å². The van der Waals surface area contributed by atoms with Crippen molar-refractivity contribution in [3.05, 3.63) is 59.9 Å². The van der Waals surface area contributed by atoms with Crippen LogP contribution in [0, 0.1) is 5.21 Å². The highest BCUT2D eigenvalue weighted by molar-refractivity contribution is 7.93. The number of sulfonamides is 1. The van der Waals surface area contributed by atoms with Crippen LogP contribution in [0.5, 0.6) is 0 Å². The van der Waals surface area contributed by atoms with E-state index in [-0.39, 0.29) is 5.75 Å². The molecule has 7 nitrogen and oxygen atoms in total. The molecule has 1 aliphatic heterocycles. The van der Waals surface area contributed by atoms with E-state index < -0.39 is 10.0 Å². The van der Waals surface area contributed by atoms with Crippen molar-refractivity contribution in [1.29, 1.82) is 0 Å². The molecule has 0 aliphatic carbocycles. The van der Waals surface area contributed by atoms with Crippen molar-refractivity contribution in [3.63, 3.8) is 0 Å². The van der Waals surface area contributed by atoms with Gasteiger partial charge in [-0.15, -0.1) is 0 Å². The highest BCUT2D eigenvalue weighted by atomic mass is 32.2. The summed E-state index contributed by atoms with van der Waals surface area (Å²) in [5, 5.41) is 13.0. The lowest BCUT2D eigenvalue weighted by molar-refractivity contribution is -0.576. The van der Waals surface area contributed by atoms with E-state index in [9.17, 15) is 13.6 Å². The molecular weight excluding hydrogens is 366 g/mol. The molecule has 27 heavy (non-hydrogen) atoms. The highest BCUT2D eigenvalue weighted by Crippen LogP contribution is 2.30. The first kappa shape index (κ1) is 16.1. The van der Waals surface area contributed by atoms with Gasteiger partial charge < -0.3 is 9.62 Å². The zero-order chi connectivity index (χ0) is 18.6. The smallest absolute Gasteiger partial charge is 0.235 e. The Kier molecular flexibility index (Phi) is 3.38. The summed E-state index contributed by atoms with van der Waals surface area (Å²) < 4.78 is 32.3. The third kappa shape index (κ3) is 2.60. The van der Waals surface area contributed by atoms with Crippen molar-refractivity contribution in [2.75, 3.05) is 16.6 Å². The van der Waals surface area contributed by atoms with Crippen LogP contribution < -0.4 is 9.04 Å². The fourth-order valence-corrected chi connectivity index (χ4v) is 5.01. The lowest BCUT2D eigenvalue weighted by Gasteiger charge is -2.16. The minimum Gasteiger partial charge on any atom is -0.618 e. The molecule has 4 aromatic rings. The van der Waals surface area contributed by atoms with Crippen LogP contribution in [0.1, 0.15) is 6.42 Å². The fourth-order valence-electron chi connectivity index (χ4n) is 3.45. The van der Waals surface area contributed by atoms with Gasteiger partial charge in [-0.2, -0.15) is 4.73 Å². The van der Waals surface area contributed by atoms with Gasteiger partial charge in [0, 0.05) is 18.0 Å². The molecule has 1 fully saturated rings. The van der Waals surface area contributed by atoms with Crippen molar-refractivity contribution in [2.45, 2.75) is 6.42 Å². The molecule has 2 aromatic heterocycles. The van der Waals surface area contributed by atoms with Gasteiger partial charge in [-0.3, -0.25) is 4.31 Å². The van der Waals surface area contributed by atoms with Crippen molar-refractivity contribution in [3.8, 4) is 11.5 Å². The second-order valence-corrected chi connectivity index (χ2v) is 8.54. The second-order valence-electron chi connectivity index (χ2n) is 6.53. The summed E-state index contributed by atoms with van der Waals surface area (Å²) in [4.78, 5) is 4.47. The van der Waals surface area contributed by atoms with Crippen LogP contribution in [0.2, 0.25) is 0 Å². The zero-order valence-corrected chi connectivity index (χ0v) is 15.0. The summed E-state index contributed by atoms with van der Waals surface area (Å²) in [5.74, 6) is 0.483. The Morgan fingerprint density at radius 3 is 2.81 bits per heavy atom. The molecule has 2 aromatic carbocycles. The first-order valence-electron chi connectivity index (χ1n) is 8.55. The van der Waals surface area contributed by atoms with Gasteiger partial charge in [0.1, 0.15) is 11.1 Å². The van der Waals surface area contributed by atoms with Crippen LogP contribution in [0.25, 0.3) is 33.5 Å². The predicted molar refractivity (Wildman–Crippen MR) is 102 cm³/mol. The minimum absolute atomic E-state index is 0.162. The number of pyridine rings is 1. The first-order valence-corrected chi connectivity index (χ1v) is 10.2.